The largest absolute Gasteiger partial charge is 0.481 e. The molecule has 0 spiro atoms. The standard InChI is InChI=1S/C16H28N2O3/c1-4-13-7-6-12(3)18(13)15(21)17-10-8-16(5-2,9-11-17)14(19)20/h12-13H,4-11H2,1-3H3,(H,19,20). The summed E-state index contributed by atoms with van der Waals surface area (Å²) >= 11 is 0. The highest BCUT2D eigenvalue weighted by Crippen LogP contribution is 2.36. The Kier molecular flexibility index (Phi) is 4.79. The predicted molar refractivity (Wildman–Crippen MR) is 81.2 cm³/mol. The van der Waals surface area contributed by atoms with Crippen molar-refractivity contribution in [2.24, 2.45) is 5.41 Å². The molecule has 2 saturated heterocycles. The molecule has 0 bridgehead atoms. The van der Waals surface area contributed by atoms with Crippen LogP contribution in [0.5, 0.6) is 0 Å². The van der Waals surface area contributed by atoms with Crippen molar-refractivity contribution in [1.82, 2.24) is 9.80 Å². The number of hydrogen-bond donors (Lipinski definition) is 1. The third-order valence-electron chi connectivity index (χ3n) is 5.60. The highest BCUT2D eigenvalue weighted by Gasteiger charge is 2.43. The van der Waals surface area contributed by atoms with Gasteiger partial charge in [-0.2, -0.15) is 0 Å². The van der Waals surface area contributed by atoms with E-state index < -0.39 is 11.4 Å². The molecule has 2 amide bonds. The molecule has 2 rings (SSSR count). The zero-order valence-electron chi connectivity index (χ0n) is 13.5. The van der Waals surface area contributed by atoms with Gasteiger partial charge in [0.25, 0.3) is 0 Å². The van der Waals surface area contributed by atoms with Crippen molar-refractivity contribution in [3.05, 3.63) is 0 Å². The molecule has 5 nitrogen and oxygen atoms in total. The number of carbonyl (C=O) groups is 2. The van der Waals surface area contributed by atoms with Crippen molar-refractivity contribution in [3.8, 4) is 0 Å². The molecule has 0 saturated carbocycles. The molecule has 21 heavy (non-hydrogen) atoms. The van der Waals surface area contributed by atoms with Gasteiger partial charge in [0, 0.05) is 25.2 Å². The maximum Gasteiger partial charge on any atom is 0.320 e. The van der Waals surface area contributed by atoms with Crippen molar-refractivity contribution in [2.45, 2.75) is 71.4 Å². The SMILES string of the molecule is CCC1CCC(C)N1C(=O)N1CCC(CC)(C(=O)O)CC1. The number of aliphatic carboxylic acids is 1. The summed E-state index contributed by atoms with van der Waals surface area (Å²) < 4.78 is 0. The molecule has 0 radical (unpaired) electrons. The zero-order chi connectivity index (χ0) is 15.6. The van der Waals surface area contributed by atoms with Crippen LogP contribution in [0, 0.1) is 5.41 Å². The van der Waals surface area contributed by atoms with E-state index in [4.69, 9.17) is 0 Å². The van der Waals surface area contributed by atoms with Crippen LogP contribution in [-0.2, 0) is 4.79 Å². The molecule has 5 heteroatoms. The highest BCUT2D eigenvalue weighted by atomic mass is 16.4. The number of carboxylic acid groups (broad SMARTS) is 1. The van der Waals surface area contributed by atoms with Gasteiger partial charge in [0.05, 0.1) is 5.41 Å². The first-order valence-electron chi connectivity index (χ1n) is 8.25. The van der Waals surface area contributed by atoms with Gasteiger partial charge in [-0.05, 0) is 45.4 Å². The Morgan fingerprint density at radius 1 is 1.19 bits per heavy atom. The fourth-order valence-electron chi connectivity index (χ4n) is 3.83. The second-order valence-electron chi connectivity index (χ2n) is 6.60. The Balaban J connectivity index is 2.01. The Hall–Kier alpha value is -1.26. The third kappa shape index (κ3) is 2.87. The van der Waals surface area contributed by atoms with Crippen LogP contribution in [0.4, 0.5) is 4.79 Å². The van der Waals surface area contributed by atoms with Gasteiger partial charge in [0.15, 0.2) is 0 Å². The Morgan fingerprint density at radius 3 is 2.29 bits per heavy atom. The van der Waals surface area contributed by atoms with E-state index >= 15 is 0 Å². The summed E-state index contributed by atoms with van der Waals surface area (Å²) in [6.07, 6.45) is 4.95. The number of urea groups is 1. The van der Waals surface area contributed by atoms with E-state index in [1.807, 2.05) is 16.7 Å². The molecule has 0 aromatic carbocycles. The van der Waals surface area contributed by atoms with Gasteiger partial charge in [0.2, 0.25) is 0 Å². The maximum atomic E-state index is 12.8. The van der Waals surface area contributed by atoms with E-state index in [0.717, 1.165) is 19.3 Å². The van der Waals surface area contributed by atoms with E-state index in [1.54, 1.807) is 0 Å². The number of rotatable bonds is 3. The number of carbonyl (C=O) groups excluding carboxylic acids is 1. The molecule has 0 aromatic rings. The van der Waals surface area contributed by atoms with Crippen LogP contribution in [0.1, 0.15) is 59.3 Å². The quantitative estimate of drug-likeness (QED) is 0.871. The minimum Gasteiger partial charge on any atom is -0.481 e. The number of likely N-dealkylation sites (tertiary alicyclic amines) is 2. The predicted octanol–water partition coefficient (Wildman–Crippen LogP) is 2.95. The second kappa shape index (κ2) is 6.24. The normalized spacial score (nSPS) is 28.7. The molecule has 2 atom stereocenters. The van der Waals surface area contributed by atoms with Gasteiger partial charge >= 0.3 is 12.0 Å². The number of piperidine rings is 1. The van der Waals surface area contributed by atoms with Crippen molar-refractivity contribution in [1.29, 1.82) is 0 Å². The molecule has 2 aliphatic heterocycles. The lowest BCUT2D eigenvalue weighted by Gasteiger charge is -2.41. The molecule has 1 N–H and O–H groups in total. The molecule has 2 aliphatic rings. The molecular formula is C16H28N2O3. The van der Waals surface area contributed by atoms with Crippen molar-refractivity contribution >= 4 is 12.0 Å². The highest BCUT2D eigenvalue weighted by molar-refractivity contribution is 5.78. The molecule has 120 valence electrons. The van der Waals surface area contributed by atoms with Crippen LogP contribution in [0.3, 0.4) is 0 Å². The summed E-state index contributed by atoms with van der Waals surface area (Å²) in [6.45, 7) is 7.31. The van der Waals surface area contributed by atoms with E-state index in [-0.39, 0.29) is 6.03 Å². The summed E-state index contributed by atoms with van der Waals surface area (Å²) in [5, 5.41) is 9.43. The number of nitrogens with zero attached hydrogens (tertiary/aromatic N) is 2. The van der Waals surface area contributed by atoms with Gasteiger partial charge in [-0.3, -0.25) is 4.79 Å². The number of carboxylic acids is 1. The average Bonchev–Trinajstić information content (AvgIpc) is 2.87. The zero-order valence-corrected chi connectivity index (χ0v) is 13.5. The van der Waals surface area contributed by atoms with Crippen molar-refractivity contribution in [3.63, 3.8) is 0 Å². The molecular weight excluding hydrogens is 268 g/mol. The summed E-state index contributed by atoms with van der Waals surface area (Å²) in [4.78, 5) is 28.1. The lowest BCUT2D eigenvalue weighted by atomic mass is 9.76. The van der Waals surface area contributed by atoms with Gasteiger partial charge < -0.3 is 14.9 Å². The van der Waals surface area contributed by atoms with E-state index in [2.05, 4.69) is 13.8 Å². The topological polar surface area (TPSA) is 60.9 Å². The minimum absolute atomic E-state index is 0.113. The van der Waals surface area contributed by atoms with E-state index in [0.29, 0.717) is 44.4 Å². The molecule has 0 aromatic heterocycles. The smallest absolute Gasteiger partial charge is 0.320 e. The first kappa shape index (κ1) is 16.1. The monoisotopic (exact) mass is 296 g/mol. The summed E-state index contributed by atoms with van der Waals surface area (Å²) in [6, 6.07) is 0.770. The fraction of sp³-hybridized carbons (Fsp3) is 0.875. The van der Waals surface area contributed by atoms with E-state index in [9.17, 15) is 14.7 Å². The fourth-order valence-corrected chi connectivity index (χ4v) is 3.83. The van der Waals surface area contributed by atoms with Crippen LogP contribution in [0.15, 0.2) is 0 Å². The average molecular weight is 296 g/mol. The Bertz CT molecular complexity index is 402. The van der Waals surface area contributed by atoms with Gasteiger partial charge in [-0.25, -0.2) is 4.79 Å². The van der Waals surface area contributed by atoms with Crippen LogP contribution < -0.4 is 0 Å². The number of hydrogen-bond acceptors (Lipinski definition) is 2. The van der Waals surface area contributed by atoms with Gasteiger partial charge in [-0.1, -0.05) is 13.8 Å². The summed E-state index contributed by atoms with van der Waals surface area (Å²) in [5.41, 5.74) is -0.627. The van der Waals surface area contributed by atoms with Crippen LogP contribution >= 0.6 is 0 Å². The molecule has 0 aliphatic carbocycles. The number of amides is 2. The molecule has 2 unspecified atom stereocenters. The van der Waals surface area contributed by atoms with Gasteiger partial charge in [0.1, 0.15) is 0 Å². The van der Waals surface area contributed by atoms with Crippen molar-refractivity contribution < 1.29 is 14.7 Å². The molecule has 2 fully saturated rings. The van der Waals surface area contributed by atoms with Crippen molar-refractivity contribution in [2.75, 3.05) is 13.1 Å². The van der Waals surface area contributed by atoms with Crippen LogP contribution in [0.25, 0.3) is 0 Å². The maximum absolute atomic E-state index is 12.8. The first-order chi connectivity index (χ1) is 9.95. The summed E-state index contributed by atoms with van der Waals surface area (Å²) in [5.74, 6) is -0.710. The lowest BCUT2D eigenvalue weighted by Crippen LogP contribution is -2.53. The second-order valence-corrected chi connectivity index (χ2v) is 6.60. The van der Waals surface area contributed by atoms with Gasteiger partial charge in [-0.15, -0.1) is 0 Å². The Labute approximate surface area is 127 Å². The van der Waals surface area contributed by atoms with Crippen LogP contribution in [-0.4, -0.2) is 52.1 Å². The summed E-state index contributed by atoms with van der Waals surface area (Å²) in [7, 11) is 0. The first-order valence-corrected chi connectivity index (χ1v) is 8.25. The minimum atomic E-state index is -0.710. The molecule has 2 heterocycles. The van der Waals surface area contributed by atoms with E-state index in [1.165, 1.54) is 0 Å². The van der Waals surface area contributed by atoms with Crippen LogP contribution in [0.2, 0.25) is 0 Å². The third-order valence-corrected chi connectivity index (χ3v) is 5.60. The lowest BCUT2D eigenvalue weighted by molar-refractivity contribution is -0.152. The Morgan fingerprint density at radius 2 is 1.81 bits per heavy atom.